The highest BCUT2D eigenvalue weighted by atomic mass is 32.2. The Hall–Kier alpha value is -3.11. The predicted molar refractivity (Wildman–Crippen MR) is 112 cm³/mol. The average Bonchev–Trinajstić information content (AvgIpc) is 3.32. The van der Waals surface area contributed by atoms with Gasteiger partial charge in [0.05, 0.1) is 28.4 Å². The largest absolute Gasteiger partial charge is 0.459 e. The van der Waals surface area contributed by atoms with Gasteiger partial charge in [0, 0.05) is 5.69 Å². The number of carbonyl (C=O) groups is 2. The molecular weight excluding hydrogens is 414 g/mol. The van der Waals surface area contributed by atoms with Crippen molar-refractivity contribution in [1.29, 1.82) is 0 Å². The topological polar surface area (TPSA) is 118 Å². The van der Waals surface area contributed by atoms with Crippen LogP contribution in [0.3, 0.4) is 0 Å². The van der Waals surface area contributed by atoms with E-state index in [0.717, 1.165) is 23.2 Å². The van der Waals surface area contributed by atoms with Crippen molar-refractivity contribution in [3.05, 3.63) is 71.0 Å². The van der Waals surface area contributed by atoms with Crippen molar-refractivity contribution < 1.29 is 22.4 Å². The summed E-state index contributed by atoms with van der Waals surface area (Å²) in [6.07, 6.45) is 2.48. The van der Waals surface area contributed by atoms with E-state index in [4.69, 9.17) is 4.42 Å². The fraction of sp³-hybridized carbons (Fsp3) is 0.158. The van der Waals surface area contributed by atoms with Crippen LogP contribution in [0.15, 0.2) is 59.2 Å². The summed E-state index contributed by atoms with van der Waals surface area (Å²) >= 11 is 1.14. The van der Waals surface area contributed by atoms with E-state index >= 15 is 0 Å². The fourth-order valence-corrected chi connectivity index (χ4v) is 3.90. The number of amides is 2. The molecule has 3 N–H and O–H groups in total. The molecule has 8 nitrogen and oxygen atoms in total. The molecule has 152 valence electrons. The number of hydrogen-bond donors (Lipinski definition) is 3. The quantitative estimate of drug-likeness (QED) is 0.527. The molecule has 0 aliphatic heterocycles. The number of nitrogens with one attached hydrogen (secondary N) is 3. The third-order valence-electron chi connectivity index (χ3n) is 3.85. The van der Waals surface area contributed by atoms with Gasteiger partial charge in [0.25, 0.3) is 11.8 Å². The third kappa shape index (κ3) is 5.69. The Kier molecular flexibility index (Phi) is 6.04. The number of carbonyl (C=O) groups excluding carboxylic acids is 2. The van der Waals surface area contributed by atoms with Gasteiger partial charge < -0.3 is 15.1 Å². The van der Waals surface area contributed by atoms with Gasteiger partial charge >= 0.3 is 0 Å². The minimum absolute atomic E-state index is 0.181. The molecule has 0 aliphatic carbocycles. The van der Waals surface area contributed by atoms with Gasteiger partial charge in [-0.25, -0.2) is 8.42 Å². The molecule has 0 radical (unpaired) electrons. The Balaban J connectivity index is 1.64. The van der Waals surface area contributed by atoms with E-state index in [2.05, 4.69) is 15.4 Å². The maximum Gasteiger partial charge on any atom is 0.291 e. The summed E-state index contributed by atoms with van der Waals surface area (Å²) in [5, 5.41) is 6.05. The van der Waals surface area contributed by atoms with Crippen molar-refractivity contribution in [2.75, 3.05) is 16.3 Å². The zero-order chi connectivity index (χ0) is 21.0. The summed E-state index contributed by atoms with van der Waals surface area (Å²) in [7, 11) is -3.39. The molecular formula is C19H19N3O5S2. The minimum atomic E-state index is -3.39. The second-order valence-electron chi connectivity index (χ2n) is 6.29. The van der Waals surface area contributed by atoms with E-state index in [1.807, 2.05) is 0 Å². The number of benzene rings is 1. The molecule has 10 heteroatoms. The van der Waals surface area contributed by atoms with Crippen LogP contribution in [0.4, 0.5) is 10.7 Å². The number of furan rings is 1. The Labute approximate surface area is 172 Å². The van der Waals surface area contributed by atoms with Crippen molar-refractivity contribution in [2.45, 2.75) is 13.0 Å². The molecule has 2 amide bonds. The van der Waals surface area contributed by atoms with Gasteiger partial charge in [-0.15, -0.1) is 11.3 Å². The summed E-state index contributed by atoms with van der Waals surface area (Å²) in [6.45, 7) is 1.80. The molecule has 1 atom stereocenters. The highest BCUT2D eigenvalue weighted by molar-refractivity contribution is 7.92. The Morgan fingerprint density at radius 2 is 1.86 bits per heavy atom. The van der Waals surface area contributed by atoms with E-state index in [9.17, 15) is 18.0 Å². The van der Waals surface area contributed by atoms with E-state index < -0.39 is 15.9 Å². The molecule has 0 fully saturated rings. The lowest BCUT2D eigenvalue weighted by atomic mass is 10.1. The zero-order valence-electron chi connectivity index (χ0n) is 15.6. The average molecular weight is 434 g/mol. The number of anilines is 2. The van der Waals surface area contributed by atoms with Crippen LogP contribution in [0.1, 0.15) is 38.8 Å². The standard InChI is InChI=1S/C19H19N3O5S2/c1-12(13-5-3-6-14(11-13)22-29(2,25)26)20-19(24)16-8-9-17(28-16)21-18(23)15-7-4-10-27-15/h3-12,22H,1-2H3,(H,20,24)(H,21,23). The van der Waals surface area contributed by atoms with Gasteiger partial charge in [-0.1, -0.05) is 12.1 Å². The summed E-state index contributed by atoms with van der Waals surface area (Å²) < 4.78 is 30.2. The molecule has 1 aromatic carbocycles. The molecule has 0 saturated carbocycles. The van der Waals surface area contributed by atoms with Crippen LogP contribution in [0.5, 0.6) is 0 Å². The molecule has 2 aromatic heterocycles. The predicted octanol–water partition coefficient (Wildman–Crippen LogP) is 3.46. The first kappa shape index (κ1) is 20.6. The van der Waals surface area contributed by atoms with Crippen LogP contribution in [-0.4, -0.2) is 26.5 Å². The second-order valence-corrected chi connectivity index (χ2v) is 9.12. The van der Waals surface area contributed by atoms with E-state index in [1.165, 1.54) is 6.26 Å². The van der Waals surface area contributed by atoms with Crippen LogP contribution in [0.2, 0.25) is 0 Å². The van der Waals surface area contributed by atoms with Gasteiger partial charge in [0.15, 0.2) is 5.76 Å². The van der Waals surface area contributed by atoms with Gasteiger partial charge in [-0.2, -0.15) is 0 Å². The van der Waals surface area contributed by atoms with Crippen LogP contribution in [-0.2, 0) is 10.0 Å². The van der Waals surface area contributed by atoms with Crippen LogP contribution >= 0.6 is 11.3 Å². The molecule has 3 aromatic rings. The van der Waals surface area contributed by atoms with E-state index in [1.54, 1.807) is 55.5 Å². The highest BCUT2D eigenvalue weighted by Crippen LogP contribution is 2.24. The summed E-state index contributed by atoms with van der Waals surface area (Å²) in [6, 6.07) is 12.9. The zero-order valence-corrected chi connectivity index (χ0v) is 17.3. The lowest BCUT2D eigenvalue weighted by Gasteiger charge is -2.15. The smallest absolute Gasteiger partial charge is 0.291 e. The lowest BCUT2D eigenvalue weighted by Crippen LogP contribution is -2.26. The summed E-state index contributed by atoms with van der Waals surface area (Å²) in [4.78, 5) is 25.0. The van der Waals surface area contributed by atoms with Crippen LogP contribution in [0, 0.1) is 0 Å². The third-order valence-corrected chi connectivity index (χ3v) is 5.45. The number of sulfonamides is 1. The van der Waals surface area contributed by atoms with Gasteiger partial charge in [-0.05, 0) is 48.9 Å². The number of thiophene rings is 1. The van der Waals surface area contributed by atoms with Gasteiger partial charge in [0.2, 0.25) is 10.0 Å². The van der Waals surface area contributed by atoms with Crippen LogP contribution in [0.25, 0.3) is 0 Å². The van der Waals surface area contributed by atoms with E-state index in [-0.39, 0.29) is 17.7 Å². The molecule has 29 heavy (non-hydrogen) atoms. The molecule has 3 rings (SSSR count). The van der Waals surface area contributed by atoms with Crippen LogP contribution < -0.4 is 15.4 Å². The van der Waals surface area contributed by atoms with Crippen molar-refractivity contribution in [3.8, 4) is 0 Å². The lowest BCUT2D eigenvalue weighted by molar-refractivity contribution is 0.0942. The molecule has 0 spiro atoms. The molecule has 0 saturated heterocycles. The fourth-order valence-electron chi connectivity index (χ4n) is 2.55. The van der Waals surface area contributed by atoms with E-state index in [0.29, 0.717) is 15.6 Å². The SMILES string of the molecule is CC(NC(=O)c1ccc(NC(=O)c2ccco2)s1)c1cccc(NS(C)(=O)=O)c1. The number of rotatable bonds is 7. The minimum Gasteiger partial charge on any atom is -0.459 e. The summed E-state index contributed by atoms with van der Waals surface area (Å²) in [5.74, 6) is -0.518. The molecule has 0 bridgehead atoms. The monoisotopic (exact) mass is 433 g/mol. The highest BCUT2D eigenvalue weighted by Gasteiger charge is 2.16. The van der Waals surface area contributed by atoms with Crippen molar-refractivity contribution in [2.24, 2.45) is 0 Å². The first-order valence-corrected chi connectivity index (χ1v) is 11.3. The first-order chi connectivity index (χ1) is 13.7. The van der Waals surface area contributed by atoms with Gasteiger partial charge in [-0.3, -0.25) is 14.3 Å². The Morgan fingerprint density at radius 3 is 2.55 bits per heavy atom. The Bertz CT molecular complexity index is 1120. The Morgan fingerprint density at radius 1 is 1.07 bits per heavy atom. The van der Waals surface area contributed by atoms with Crippen molar-refractivity contribution >= 4 is 43.9 Å². The maximum atomic E-state index is 12.5. The molecule has 2 heterocycles. The molecule has 0 aliphatic rings. The normalized spacial score (nSPS) is 12.2. The summed E-state index contributed by atoms with van der Waals surface area (Å²) in [5.41, 5.74) is 1.17. The van der Waals surface area contributed by atoms with Crippen molar-refractivity contribution in [3.63, 3.8) is 0 Å². The second kappa shape index (κ2) is 8.50. The first-order valence-electron chi connectivity index (χ1n) is 8.54. The maximum absolute atomic E-state index is 12.5. The van der Waals surface area contributed by atoms with Gasteiger partial charge in [0.1, 0.15) is 0 Å². The molecule has 1 unspecified atom stereocenters. The number of hydrogen-bond acceptors (Lipinski definition) is 6. The van der Waals surface area contributed by atoms with Crippen molar-refractivity contribution in [1.82, 2.24) is 5.32 Å².